The van der Waals surface area contributed by atoms with Crippen LogP contribution in [0.4, 0.5) is 0 Å². The molecule has 0 saturated carbocycles. The molecule has 0 spiro atoms. The van der Waals surface area contributed by atoms with Crippen molar-refractivity contribution in [2.24, 2.45) is 0 Å². The van der Waals surface area contributed by atoms with E-state index in [1.807, 2.05) is 12.3 Å². The number of aromatic nitrogens is 1. The van der Waals surface area contributed by atoms with Crippen LogP contribution in [-0.4, -0.2) is 43.9 Å². The summed E-state index contributed by atoms with van der Waals surface area (Å²) in [6.07, 6.45) is 0. The highest BCUT2D eigenvalue weighted by Crippen LogP contribution is 2.09. The van der Waals surface area contributed by atoms with Crippen LogP contribution in [0.2, 0.25) is 0 Å². The Labute approximate surface area is 105 Å². The SMILES string of the molecule is Cc1csc(CNS(=O)(=O)N2CCNCC2)n1. The average molecular weight is 276 g/mol. The quantitative estimate of drug-likeness (QED) is 0.791. The van der Waals surface area contributed by atoms with Crippen LogP contribution in [0.3, 0.4) is 0 Å². The first kappa shape index (κ1) is 12.9. The molecule has 8 heteroatoms. The minimum Gasteiger partial charge on any atom is -0.314 e. The van der Waals surface area contributed by atoms with E-state index in [1.165, 1.54) is 15.6 Å². The first-order valence-corrected chi connectivity index (χ1v) is 7.76. The second-order valence-corrected chi connectivity index (χ2v) is 6.56. The Morgan fingerprint density at radius 3 is 2.82 bits per heavy atom. The topological polar surface area (TPSA) is 74.3 Å². The van der Waals surface area contributed by atoms with Crippen molar-refractivity contribution in [1.82, 2.24) is 19.3 Å². The third-order valence-electron chi connectivity index (χ3n) is 2.49. The van der Waals surface area contributed by atoms with Gasteiger partial charge in [-0.15, -0.1) is 11.3 Å². The Morgan fingerprint density at radius 1 is 1.53 bits per heavy atom. The summed E-state index contributed by atoms with van der Waals surface area (Å²) in [5.41, 5.74) is 0.923. The van der Waals surface area contributed by atoms with Gasteiger partial charge in [0, 0.05) is 37.3 Å². The molecule has 0 bridgehead atoms. The van der Waals surface area contributed by atoms with Crippen LogP contribution in [0, 0.1) is 6.92 Å². The van der Waals surface area contributed by atoms with Crippen LogP contribution in [0.15, 0.2) is 5.38 Å². The standard InChI is InChI=1S/C9H16N4O2S2/c1-8-7-16-9(12-8)6-11-17(14,15)13-4-2-10-3-5-13/h7,10-11H,2-6H2,1H3. The number of nitrogens with one attached hydrogen (secondary N) is 2. The lowest BCUT2D eigenvalue weighted by Crippen LogP contribution is -2.50. The minimum atomic E-state index is -3.36. The highest BCUT2D eigenvalue weighted by molar-refractivity contribution is 7.87. The van der Waals surface area contributed by atoms with Gasteiger partial charge in [-0.2, -0.15) is 17.4 Å². The number of piperazine rings is 1. The van der Waals surface area contributed by atoms with Gasteiger partial charge in [0.25, 0.3) is 10.2 Å². The van der Waals surface area contributed by atoms with Gasteiger partial charge in [-0.3, -0.25) is 0 Å². The van der Waals surface area contributed by atoms with Gasteiger partial charge in [-0.1, -0.05) is 0 Å². The Kier molecular flexibility index (Phi) is 4.10. The van der Waals surface area contributed by atoms with Crippen molar-refractivity contribution >= 4 is 21.5 Å². The van der Waals surface area contributed by atoms with E-state index in [9.17, 15) is 8.42 Å². The molecule has 2 rings (SSSR count). The summed E-state index contributed by atoms with van der Waals surface area (Å²) < 4.78 is 27.9. The second kappa shape index (κ2) is 5.40. The van der Waals surface area contributed by atoms with Gasteiger partial charge >= 0.3 is 0 Å². The summed E-state index contributed by atoms with van der Waals surface area (Å²) in [5.74, 6) is 0. The summed E-state index contributed by atoms with van der Waals surface area (Å²) in [6.45, 7) is 4.61. The van der Waals surface area contributed by atoms with E-state index in [0.717, 1.165) is 10.7 Å². The van der Waals surface area contributed by atoms with Crippen molar-refractivity contribution in [3.8, 4) is 0 Å². The van der Waals surface area contributed by atoms with Crippen LogP contribution in [-0.2, 0) is 16.8 Å². The first-order chi connectivity index (χ1) is 8.08. The number of rotatable bonds is 4. The number of hydrogen-bond donors (Lipinski definition) is 2. The molecule has 6 nitrogen and oxygen atoms in total. The summed E-state index contributed by atoms with van der Waals surface area (Å²) in [4.78, 5) is 4.22. The van der Waals surface area contributed by atoms with Gasteiger partial charge in [0.15, 0.2) is 0 Å². The molecule has 1 aliphatic rings. The normalized spacial score (nSPS) is 18.4. The van der Waals surface area contributed by atoms with Crippen LogP contribution in [0.1, 0.15) is 10.7 Å². The molecular weight excluding hydrogens is 260 g/mol. The number of thiazole rings is 1. The zero-order chi connectivity index (χ0) is 12.3. The third kappa shape index (κ3) is 3.46. The molecule has 1 aliphatic heterocycles. The maximum atomic E-state index is 11.9. The van der Waals surface area contributed by atoms with E-state index >= 15 is 0 Å². The Morgan fingerprint density at radius 2 is 2.24 bits per heavy atom. The second-order valence-electron chi connectivity index (χ2n) is 3.86. The molecule has 1 aromatic heterocycles. The van der Waals surface area contributed by atoms with Crippen molar-refractivity contribution in [1.29, 1.82) is 0 Å². The molecule has 0 atom stereocenters. The summed E-state index contributed by atoms with van der Waals surface area (Å²) in [6, 6.07) is 0. The van der Waals surface area contributed by atoms with Gasteiger partial charge in [0.2, 0.25) is 0 Å². The van der Waals surface area contributed by atoms with Crippen LogP contribution in [0.5, 0.6) is 0 Å². The molecule has 1 saturated heterocycles. The van der Waals surface area contributed by atoms with E-state index in [0.29, 0.717) is 26.2 Å². The first-order valence-electron chi connectivity index (χ1n) is 5.44. The van der Waals surface area contributed by atoms with Crippen molar-refractivity contribution < 1.29 is 8.42 Å². The largest absolute Gasteiger partial charge is 0.314 e. The lowest BCUT2D eigenvalue weighted by Gasteiger charge is -2.26. The Bertz CT molecular complexity index is 465. The fourth-order valence-electron chi connectivity index (χ4n) is 1.61. The van der Waals surface area contributed by atoms with Crippen molar-refractivity contribution in [2.75, 3.05) is 26.2 Å². The molecule has 0 aliphatic carbocycles. The molecule has 0 unspecified atom stereocenters. The molecule has 1 fully saturated rings. The van der Waals surface area contributed by atoms with Gasteiger partial charge in [-0.05, 0) is 6.92 Å². The third-order valence-corrected chi connectivity index (χ3v) is 5.01. The molecule has 0 amide bonds. The van der Waals surface area contributed by atoms with E-state index in [1.54, 1.807) is 0 Å². The molecular formula is C9H16N4O2S2. The highest BCUT2D eigenvalue weighted by atomic mass is 32.2. The Balaban J connectivity index is 1.92. The van der Waals surface area contributed by atoms with E-state index in [4.69, 9.17) is 0 Å². The van der Waals surface area contributed by atoms with E-state index in [-0.39, 0.29) is 6.54 Å². The number of hydrogen-bond acceptors (Lipinski definition) is 5. The smallest absolute Gasteiger partial charge is 0.279 e. The maximum Gasteiger partial charge on any atom is 0.279 e. The van der Waals surface area contributed by atoms with Crippen LogP contribution >= 0.6 is 11.3 Å². The van der Waals surface area contributed by atoms with Gasteiger partial charge in [0.05, 0.1) is 6.54 Å². The summed E-state index contributed by atoms with van der Waals surface area (Å²) in [5, 5.41) is 5.82. The molecule has 2 heterocycles. The monoisotopic (exact) mass is 276 g/mol. The van der Waals surface area contributed by atoms with Gasteiger partial charge in [-0.25, -0.2) is 4.98 Å². The Hall–Kier alpha value is -0.540. The minimum absolute atomic E-state index is 0.269. The van der Waals surface area contributed by atoms with Gasteiger partial charge in [0.1, 0.15) is 5.01 Å². The molecule has 17 heavy (non-hydrogen) atoms. The summed E-state index contributed by atoms with van der Waals surface area (Å²) in [7, 11) is -3.36. The van der Waals surface area contributed by atoms with E-state index < -0.39 is 10.2 Å². The number of nitrogens with zero attached hydrogens (tertiary/aromatic N) is 2. The summed E-state index contributed by atoms with van der Waals surface area (Å²) >= 11 is 1.47. The van der Waals surface area contributed by atoms with Crippen molar-refractivity contribution in [3.05, 3.63) is 16.1 Å². The highest BCUT2D eigenvalue weighted by Gasteiger charge is 2.23. The zero-order valence-electron chi connectivity index (χ0n) is 9.64. The number of aryl methyl sites for hydroxylation is 1. The predicted octanol–water partition coefficient (Wildman–Crippen LogP) is -0.309. The van der Waals surface area contributed by atoms with Crippen LogP contribution < -0.4 is 10.0 Å². The maximum absolute atomic E-state index is 11.9. The zero-order valence-corrected chi connectivity index (χ0v) is 11.3. The van der Waals surface area contributed by atoms with Crippen molar-refractivity contribution in [2.45, 2.75) is 13.5 Å². The van der Waals surface area contributed by atoms with Crippen LogP contribution in [0.25, 0.3) is 0 Å². The lowest BCUT2D eigenvalue weighted by molar-refractivity contribution is 0.354. The molecule has 1 aromatic rings. The molecule has 2 N–H and O–H groups in total. The average Bonchev–Trinajstić information content (AvgIpc) is 2.74. The lowest BCUT2D eigenvalue weighted by atomic mass is 10.4. The van der Waals surface area contributed by atoms with E-state index in [2.05, 4.69) is 15.0 Å². The molecule has 96 valence electrons. The fraction of sp³-hybridized carbons (Fsp3) is 0.667. The molecule has 0 radical (unpaired) electrons. The van der Waals surface area contributed by atoms with Gasteiger partial charge < -0.3 is 5.32 Å². The molecule has 0 aromatic carbocycles. The van der Waals surface area contributed by atoms with Crippen molar-refractivity contribution in [3.63, 3.8) is 0 Å². The predicted molar refractivity (Wildman–Crippen MR) is 67.1 cm³/mol. The fourth-order valence-corrected chi connectivity index (χ4v) is 3.58.